The Kier molecular flexibility index (Phi) is 4.80. The zero-order valence-electron chi connectivity index (χ0n) is 12.0. The second-order valence-corrected chi connectivity index (χ2v) is 5.43. The van der Waals surface area contributed by atoms with Gasteiger partial charge >= 0.3 is 17.9 Å². The highest BCUT2D eigenvalue weighted by atomic mass is 16.4. The van der Waals surface area contributed by atoms with E-state index in [1.807, 2.05) is 0 Å². The van der Waals surface area contributed by atoms with Gasteiger partial charge in [0.15, 0.2) is 12.8 Å². The van der Waals surface area contributed by atoms with E-state index in [0.29, 0.717) is 5.57 Å². The molecule has 2 aliphatic rings. The van der Waals surface area contributed by atoms with Crippen LogP contribution in [0.2, 0.25) is 0 Å². The van der Waals surface area contributed by atoms with Crippen LogP contribution in [0.3, 0.4) is 0 Å². The lowest BCUT2D eigenvalue weighted by atomic mass is 10.00. The van der Waals surface area contributed by atoms with Crippen LogP contribution in [-0.4, -0.2) is 73.9 Å². The van der Waals surface area contributed by atoms with Crippen molar-refractivity contribution in [1.29, 1.82) is 0 Å². The van der Waals surface area contributed by atoms with Crippen LogP contribution >= 0.6 is 0 Å². The van der Waals surface area contributed by atoms with E-state index >= 15 is 0 Å². The predicted molar refractivity (Wildman–Crippen MR) is 76.2 cm³/mol. The molecule has 1 saturated heterocycles. The van der Waals surface area contributed by atoms with Gasteiger partial charge in [0.1, 0.15) is 17.8 Å². The van der Waals surface area contributed by atoms with Gasteiger partial charge in [-0.2, -0.15) is 0 Å². The lowest BCUT2D eigenvalue weighted by Gasteiger charge is -2.21. The average molecular weight is 325 g/mol. The van der Waals surface area contributed by atoms with E-state index < -0.39 is 36.1 Å². The number of nitrogens with one attached hydrogen (secondary N) is 1. The number of aliphatic hydroxyl groups is 1. The van der Waals surface area contributed by atoms with Gasteiger partial charge in [0.2, 0.25) is 0 Å². The summed E-state index contributed by atoms with van der Waals surface area (Å²) in [7, 11) is 0. The molecule has 0 unspecified atom stereocenters. The fourth-order valence-corrected chi connectivity index (χ4v) is 2.59. The third kappa shape index (κ3) is 3.95. The minimum absolute atomic E-state index is 0.0662. The Labute approximate surface area is 130 Å². The second-order valence-electron chi connectivity index (χ2n) is 5.43. The molecule has 0 aromatic carbocycles. The van der Waals surface area contributed by atoms with E-state index in [0.717, 1.165) is 0 Å². The zero-order chi connectivity index (χ0) is 17.1. The number of aliphatic hydroxyl groups excluding tert-OH is 1. The molecular formula is C14H17N2O7+. The van der Waals surface area contributed by atoms with E-state index in [2.05, 4.69) is 5.32 Å². The van der Waals surface area contributed by atoms with Crippen LogP contribution in [0, 0.1) is 0 Å². The summed E-state index contributed by atoms with van der Waals surface area (Å²) in [5.74, 6) is -3.52. The Bertz CT molecular complexity index is 635. The fourth-order valence-electron chi connectivity index (χ4n) is 2.59. The fraction of sp³-hybridized carbons (Fsp3) is 0.429. The van der Waals surface area contributed by atoms with Gasteiger partial charge in [-0.1, -0.05) is 0 Å². The summed E-state index contributed by atoms with van der Waals surface area (Å²) in [6, 6.07) is -1.92. The van der Waals surface area contributed by atoms with Crippen LogP contribution in [0.25, 0.3) is 0 Å². The first-order chi connectivity index (χ1) is 10.8. The number of allylic oxidation sites excluding steroid dienone is 2. The smallest absolute Gasteiger partial charge is 0.373 e. The van der Waals surface area contributed by atoms with Crippen molar-refractivity contribution in [3.63, 3.8) is 0 Å². The third-order valence-corrected chi connectivity index (χ3v) is 3.71. The quantitative estimate of drug-likeness (QED) is 0.398. The molecule has 0 aromatic heterocycles. The standard InChI is InChI=1S/C14H16N2O7/c17-8-5-11(14(22)23)16(6-8)2-1-7-3-9(12(18)19)15-10(4-7)13(20)21/h1-3,8,10-11,17H,4-6H2,(H3,18,19,20,21,22,23)/p+1/t8-,10-,11-/m0/s1. The van der Waals surface area contributed by atoms with Crippen molar-refractivity contribution < 1.29 is 39.4 Å². The molecule has 2 rings (SSSR count). The molecular weight excluding hydrogens is 308 g/mol. The monoisotopic (exact) mass is 325 g/mol. The molecule has 1 fully saturated rings. The van der Waals surface area contributed by atoms with Crippen LogP contribution in [0.15, 0.2) is 23.4 Å². The van der Waals surface area contributed by atoms with Crippen LogP contribution in [0.5, 0.6) is 0 Å². The van der Waals surface area contributed by atoms with Crippen LogP contribution in [0.4, 0.5) is 0 Å². The van der Waals surface area contributed by atoms with Crippen molar-refractivity contribution in [2.24, 2.45) is 0 Å². The summed E-state index contributed by atoms with van der Waals surface area (Å²) in [4.78, 5) is 33.2. The Balaban J connectivity index is 2.27. The first-order valence-corrected chi connectivity index (χ1v) is 6.93. The van der Waals surface area contributed by atoms with E-state index in [-0.39, 0.29) is 25.1 Å². The largest absolute Gasteiger partial charge is 0.480 e. The van der Waals surface area contributed by atoms with E-state index in [4.69, 9.17) is 15.3 Å². The molecule has 124 valence electrons. The molecule has 2 aliphatic heterocycles. The lowest BCUT2D eigenvalue weighted by Crippen LogP contribution is -2.41. The maximum atomic E-state index is 11.1. The SMILES string of the molecule is O=C(O)C1=C/C(=C/C=[N+]2C[C@@H](O)C[C@H]2C(=O)O)C[C@@H](C(=O)O)N1. The number of rotatable bonds is 4. The highest BCUT2D eigenvalue weighted by molar-refractivity contribution is 5.89. The van der Waals surface area contributed by atoms with Gasteiger partial charge in [-0.05, 0) is 11.6 Å². The van der Waals surface area contributed by atoms with Gasteiger partial charge in [0.25, 0.3) is 6.04 Å². The molecule has 0 amide bonds. The zero-order valence-corrected chi connectivity index (χ0v) is 12.0. The van der Waals surface area contributed by atoms with Gasteiger partial charge in [0.05, 0.1) is 6.42 Å². The summed E-state index contributed by atoms with van der Waals surface area (Å²) in [6.45, 7) is 0.150. The molecule has 9 nitrogen and oxygen atoms in total. The summed E-state index contributed by atoms with van der Waals surface area (Å²) < 4.78 is 1.44. The van der Waals surface area contributed by atoms with Crippen LogP contribution in [0.1, 0.15) is 12.8 Å². The summed E-state index contributed by atoms with van der Waals surface area (Å²) in [6.07, 6.45) is 3.65. The molecule has 0 spiro atoms. The Morgan fingerprint density at radius 2 is 1.91 bits per heavy atom. The summed E-state index contributed by atoms with van der Waals surface area (Å²) in [5, 5.41) is 39.1. The molecule has 0 aliphatic carbocycles. The van der Waals surface area contributed by atoms with Crippen molar-refractivity contribution in [3.05, 3.63) is 23.4 Å². The predicted octanol–water partition coefficient (Wildman–Crippen LogP) is -1.37. The number of hydrogen-bond acceptors (Lipinski definition) is 5. The average Bonchev–Trinajstić information content (AvgIpc) is 2.86. The molecule has 0 radical (unpaired) electrons. The molecule has 9 heteroatoms. The van der Waals surface area contributed by atoms with E-state index in [1.54, 1.807) is 0 Å². The van der Waals surface area contributed by atoms with Gasteiger partial charge < -0.3 is 25.7 Å². The number of carboxylic acids is 3. The molecule has 23 heavy (non-hydrogen) atoms. The Morgan fingerprint density at radius 1 is 1.22 bits per heavy atom. The number of carboxylic acid groups (broad SMARTS) is 3. The number of β-amino-alcohol motifs (C(OH)–C–C–N with tert-alkyl or cyclic N) is 1. The highest BCUT2D eigenvalue weighted by Crippen LogP contribution is 2.17. The van der Waals surface area contributed by atoms with Gasteiger partial charge in [-0.25, -0.2) is 19.0 Å². The normalized spacial score (nSPS) is 30.8. The summed E-state index contributed by atoms with van der Waals surface area (Å²) >= 11 is 0. The molecule has 5 N–H and O–H groups in total. The maximum Gasteiger partial charge on any atom is 0.373 e. The molecule has 3 atom stereocenters. The molecule has 2 heterocycles. The molecule has 0 saturated carbocycles. The molecule has 0 bridgehead atoms. The van der Waals surface area contributed by atoms with Crippen molar-refractivity contribution in [2.45, 2.75) is 31.0 Å². The topological polar surface area (TPSA) is 147 Å². The first kappa shape index (κ1) is 16.7. The first-order valence-electron chi connectivity index (χ1n) is 6.93. The minimum Gasteiger partial charge on any atom is -0.480 e. The highest BCUT2D eigenvalue weighted by Gasteiger charge is 2.39. The lowest BCUT2D eigenvalue weighted by molar-refractivity contribution is -0.530. The van der Waals surface area contributed by atoms with Crippen LogP contribution in [-0.2, 0) is 14.4 Å². The maximum absolute atomic E-state index is 11.1. The number of hydrogen-bond donors (Lipinski definition) is 5. The van der Waals surface area contributed by atoms with Crippen molar-refractivity contribution >= 4 is 24.1 Å². The van der Waals surface area contributed by atoms with Crippen LogP contribution < -0.4 is 5.32 Å². The Morgan fingerprint density at radius 3 is 2.48 bits per heavy atom. The van der Waals surface area contributed by atoms with Gasteiger partial charge in [0, 0.05) is 12.5 Å². The minimum atomic E-state index is -1.28. The van der Waals surface area contributed by atoms with Gasteiger partial charge in [-0.15, -0.1) is 0 Å². The van der Waals surface area contributed by atoms with Crippen molar-refractivity contribution in [2.75, 3.05) is 6.54 Å². The van der Waals surface area contributed by atoms with E-state index in [9.17, 15) is 19.5 Å². The third-order valence-electron chi connectivity index (χ3n) is 3.71. The molecule has 0 aromatic rings. The number of aliphatic carboxylic acids is 3. The summed E-state index contributed by atoms with van der Waals surface area (Å²) in [5.41, 5.74) is 0.207. The van der Waals surface area contributed by atoms with E-state index in [1.165, 1.54) is 22.9 Å². The number of nitrogens with zero attached hydrogens (tertiary/aromatic N) is 1. The van der Waals surface area contributed by atoms with Crippen molar-refractivity contribution in [1.82, 2.24) is 5.32 Å². The van der Waals surface area contributed by atoms with Crippen molar-refractivity contribution in [3.8, 4) is 0 Å². The van der Waals surface area contributed by atoms with Gasteiger partial charge in [-0.3, -0.25) is 0 Å². The Hall–Kier alpha value is -2.68. The second kappa shape index (κ2) is 6.61. The number of carbonyl (C=O) groups is 3.